The van der Waals surface area contributed by atoms with E-state index in [-0.39, 0.29) is 29.5 Å². The molecule has 0 atom stereocenters. The molecule has 0 bridgehead atoms. The lowest BCUT2D eigenvalue weighted by atomic mass is 10.2. The average Bonchev–Trinajstić information content (AvgIpc) is 2.31. The van der Waals surface area contributed by atoms with E-state index in [9.17, 15) is 14.4 Å². The Labute approximate surface area is 98.8 Å². The van der Waals surface area contributed by atoms with E-state index >= 15 is 0 Å². The van der Waals surface area contributed by atoms with Crippen LogP contribution in [0.4, 0.5) is 0 Å². The Kier molecular flexibility index (Phi) is 4.03. The number of carbonyl (C=O) groups excluding carboxylic acids is 2. The maximum Gasteiger partial charge on any atom is 0.254 e. The molecule has 0 aliphatic carbocycles. The van der Waals surface area contributed by atoms with Gasteiger partial charge < -0.3 is 14.8 Å². The van der Waals surface area contributed by atoms with E-state index < -0.39 is 0 Å². The van der Waals surface area contributed by atoms with Crippen molar-refractivity contribution in [3.63, 3.8) is 0 Å². The van der Waals surface area contributed by atoms with Crippen LogP contribution in [0.2, 0.25) is 0 Å². The number of aromatic nitrogens is 1. The second kappa shape index (κ2) is 5.29. The fourth-order valence-electron chi connectivity index (χ4n) is 1.27. The Morgan fingerprint density at radius 1 is 1.47 bits per heavy atom. The summed E-state index contributed by atoms with van der Waals surface area (Å²) in [5.74, 6) is -0.615. The van der Waals surface area contributed by atoms with Crippen LogP contribution < -0.4 is 10.9 Å². The molecule has 1 rings (SSSR count). The fourth-order valence-corrected chi connectivity index (χ4v) is 1.27. The standard InChI is InChI=1S/C11H15N3O3/c1-12-9(15)7-14(3)11(17)8-4-5-13(2)10(16)6-8/h4-6H,7H2,1-3H3,(H,12,15). The number of carbonyl (C=O) groups is 2. The summed E-state index contributed by atoms with van der Waals surface area (Å²) in [6.45, 7) is -0.0372. The Bertz CT molecular complexity index is 493. The molecule has 92 valence electrons. The highest BCUT2D eigenvalue weighted by Crippen LogP contribution is 1.99. The van der Waals surface area contributed by atoms with Crippen molar-refractivity contribution < 1.29 is 9.59 Å². The van der Waals surface area contributed by atoms with Gasteiger partial charge in [0.25, 0.3) is 11.5 Å². The van der Waals surface area contributed by atoms with Crippen molar-refractivity contribution in [2.75, 3.05) is 20.6 Å². The lowest BCUT2D eigenvalue weighted by Crippen LogP contribution is -2.37. The van der Waals surface area contributed by atoms with E-state index in [2.05, 4.69) is 5.32 Å². The first-order valence-electron chi connectivity index (χ1n) is 5.08. The molecule has 0 spiro atoms. The third kappa shape index (κ3) is 3.17. The summed E-state index contributed by atoms with van der Waals surface area (Å²) in [6.07, 6.45) is 1.52. The van der Waals surface area contributed by atoms with Gasteiger partial charge in [0.05, 0.1) is 6.54 Å². The SMILES string of the molecule is CNC(=O)CN(C)C(=O)c1ccn(C)c(=O)c1. The topological polar surface area (TPSA) is 71.4 Å². The lowest BCUT2D eigenvalue weighted by molar-refractivity contribution is -0.121. The molecule has 6 nitrogen and oxygen atoms in total. The maximum absolute atomic E-state index is 11.9. The summed E-state index contributed by atoms with van der Waals surface area (Å²) >= 11 is 0. The van der Waals surface area contributed by atoms with Gasteiger partial charge in [-0.2, -0.15) is 0 Å². The van der Waals surface area contributed by atoms with Crippen molar-refractivity contribution in [1.29, 1.82) is 0 Å². The van der Waals surface area contributed by atoms with Gasteiger partial charge in [0.2, 0.25) is 5.91 Å². The smallest absolute Gasteiger partial charge is 0.254 e. The molecule has 1 aromatic rings. The number of amides is 2. The molecule has 1 heterocycles. The van der Waals surface area contributed by atoms with Crippen molar-refractivity contribution >= 4 is 11.8 Å². The minimum absolute atomic E-state index is 0.0372. The molecule has 0 aromatic carbocycles. The van der Waals surface area contributed by atoms with Crippen molar-refractivity contribution in [2.24, 2.45) is 7.05 Å². The van der Waals surface area contributed by atoms with E-state index in [1.54, 1.807) is 13.1 Å². The zero-order chi connectivity index (χ0) is 13.0. The van der Waals surface area contributed by atoms with Gasteiger partial charge >= 0.3 is 0 Å². The molecule has 0 aliphatic rings. The van der Waals surface area contributed by atoms with E-state index in [0.717, 1.165) is 0 Å². The molecule has 0 unspecified atom stereocenters. The lowest BCUT2D eigenvalue weighted by Gasteiger charge is -2.15. The van der Waals surface area contributed by atoms with E-state index in [4.69, 9.17) is 0 Å². The third-order valence-corrected chi connectivity index (χ3v) is 2.36. The Balaban J connectivity index is 2.85. The Hall–Kier alpha value is -2.11. The molecule has 0 aliphatic heterocycles. The second-order valence-electron chi connectivity index (χ2n) is 3.70. The van der Waals surface area contributed by atoms with Crippen molar-refractivity contribution in [3.05, 3.63) is 34.2 Å². The molecule has 6 heteroatoms. The van der Waals surface area contributed by atoms with Gasteiger partial charge in [-0.15, -0.1) is 0 Å². The highest BCUT2D eigenvalue weighted by atomic mass is 16.2. The minimum atomic E-state index is -0.355. The van der Waals surface area contributed by atoms with Crippen LogP contribution in [0.15, 0.2) is 23.1 Å². The summed E-state index contributed by atoms with van der Waals surface area (Å²) in [7, 11) is 4.61. The van der Waals surface area contributed by atoms with Gasteiger partial charge in [0.15, 0.2) is 0 Å². The molecular weight excluding hydrogens is 222 g/mol. The van der Waals surface area contributed by atoms with Gasteiger partial charge in [-0.3, -0.25) is 14.4 Å². The number of pyridine rings is 1. The van der Waals surface area contributed by atoms with Gasteiger partial charge in [0.1, 0.15) is 0 Å². The van der Waals surface area contributed by atoms with E-state index in [1.165, 1.54) is 35.8 Å². The predicted octanol–water partition coefficient (Wildman–Crippen LogP) is -0.797. The molecule has 1 N–H and O–H groups in total. The molecule has 0 fully saturated rings. The third-order valence-electron chi connectivity index (χ3n) is 2.36. The largest absolute Gasteiger partial charge is 0.358 e. The maximum atomic E-state index is 11.9. The zero-order valence-electron chi connectivity index (χ0n) is 10.1. The first-order valence-corrected chi connectivity index (χ1v) is 5.08. The second-order valence-corrected chi connectivity index (χ2v) is 3.70. The van der Waals surface area contributed by atoms with Gasteiger partial charge in [-0.05, 0) is 6.07 Å². The van der Waals surface area contributed by atoms with Crippen LogP contribution in [0.25, 0.3) is 0 Å². The zero-order valence-corrected chi connectivity index (χ0v) is 10.1. The van der Waals surface area contributed by atoms with Gasteiger partial charge in [0, 0.05) is 39.0 Å². The summed E-state index contributed by atoms with van der Waals surface area (Å²) in [5.41, 5.74) is 0.0173. The quantitative estimate of drug-likeness (QED) is 0.748. The Morgan fingerprint density at radius 2 is 2.12 bits per heavy atom. The molecule has 2 amide bonds. The summed E-state index contributed by atoms with van der Waals surface area (Å²) in [4.78, 5) is 35.6. The van der Waals surface area contributed by atoms with Crippen LogP contribution >= 0.6 is 0 Å². The summed E-state index contributed by atoms with van der Waals surface area (Å²) in [5, 5.41) is 2.42. The van der Waals surface area contributed by atoms with E-state index in [0.29, 0.717) is 0 Å². The number of rotatable bonds is 3. The number of aryl methyl sites for hydroxylation is 1. The van der Waals surface area contributed by atoms with E-state index in [1.807, 2.05) is 0 Å². The molecule has 0 saturated heterocycles. The van der Waals surface area contributed by atoms with Crippen molar-refractivity contribution in [2.45, 2.75) is 0 Å². The highest BCUT2D eigenvalue weighted by molar-refractivity contribution is 5.96. The summed E-state index contributed by atoms with van der Waals surface area (Å²) < 4.78 is 1.37. The molecule has 0 saturated carbocycles. The Morgan fingerprint density at radius 3 is 2.65 bits per heavy atom. The number of hydrogen-bond acceptors (Lipinski definition) is 3. The molecule has 1 aromatic heterocycles. The van der Waals surface area contributed by atoms with Crippen LogP contribution in [-0.4, -0.2) is 41.9 Å². The van der Waals surface area contributed by atoms with Crippen LogP contribution in [0.3, 0.4) is 0 Å². The average molecular weight is 237 g/mol. The van der Waals surface area contributed by atoms with Crippen LogP contribution in [0.5, 0.6) is 0 Å². The normalized spacial score (nSPS) is 9.82. The van der Waals surface area contributed by atoms with Crippen LogP contribution in [0, 0.1) is 0 Å². The van der Waals surface area contributed by atoms with Gasteiger partial charge in [-0.1, -0.05) is 0 Å². The van der Waals surface area contributed by atoms with Crippen LogP contribution in [-0.2, 0) is 11.8 Å². The first kappa shape index (κ1) is 13.0. The predicted molar refractivity (Wildman–Crippen MR) is 62.7 cm³/mol. The number of nitrogens with one attached hydrogen (secondary N) is 1. The number of nitrogens with zero attached hydrogens (tertiary/aromatic N) is 2. The monoisotopic (exact) mass is 237 g/mol. The number of likely N-dealkylation sites (N-methyl/N-ethyl adjacent to an activating group) is 2. The first-order chi connectivity index (χ1) is 7.95. The summed E-state index contributed by atoms with van der Waals surface area (Å²) in [6, 6.07) is 2.80. The highest BCUT2D eigenvalue weighted by Gasteiger charge is 2.14. The van der Waals surface area contributed by atoms with Crippen LogP contribution in [0.1, 0.15) is 10.4 Å². The molecule has 0 radical (unpaired) electrons. The van der Waals surface area contributed by atoms with Crippen molar-refractivity contribution in [3.8, 4) is 0 Å². The molecular formula is C11H15N3O3. The fraction of sp³-hybridized carbons (Fsp3) is 0.364. The number of hydrogen-bond donors (Lipinski definition) is 1. The van der Waals surface area contributed by atoms with Gasteiger partial charge in [-0.25, -0.2) is 0 Å². The molecule has 17 heavy (non-hydrogen) atoms. The minimum Gasteiger partial charge on any atom is -0.358 e. The van der Waals surface area contributed by atoms with Crippen molar-refractivity contribution in [1.82, 2.24) is 14.8 Å².